The van der Waals surface area contributed by atoms with Crippen molar-refractivity contribution in [1.82, 2.24) is 15.1 Å². The van der Waals surface area contributed by atoms with E-state index in [0.717, 1.165) is 0 Å². The molecule has 1 aromatic rings. The van der Waals surface area contributed by atoms with Crippen LogP contribution in [0.2, 0.25) is 0 Å². The van der Waals surface area contributed by atoms with Crippen molar-refractivity contribution >= 4 is 17.7 Å². The van der Waals surface area contributed by atoms with Crippen LogP contribution in [0.15, 0.2) is 0 Å². The molecule has 0 radical (unpaired) electrons. The number of nitrogens with two attached hydrogens (primary N) is 2. The zero-order chi connectivity index (χ0) is 13.7. The van der Waals surface area contributed by atoms with Gasteiger partial charge in [0.05, 0.1) is 17.9 Å². The molecule has 1 rings (SSSR count). The third-order valence-electron chi connectivity index (χ3n) is 2.32. The molecule has 0 bridgehead atoms. The first-order valence-electron chi connectivity index (χ1n) is 5.50. The quantitative estimate of drug-likeness (QED) is 0.618. The summed E-state index contributed by atoms with van der Waals surface area (Å²) in [5.74, 6) is -0.358. The van der Waals surface area contributed by atoms with E-state index in [4.69, 9.17) is 11.5 Å². The van der Waals surface area contributed by atoms with Gasteiger partial charge in [-0.1, -0.05) is 0 Å². The van der Waals surface area contributed by atoms with Gasteiger partial charge in [-0.15, -0.1) is 0 Å². The maximum Gasteiger partial charge on any atom is 0.404 e. The highest BCUT2D eigenvalue weighted by Gasteiger charge is 2.18. The minimum absolute atomic E-state index is 0.0141. The van der Waals surface area contributed by atoms with Crippen molar-refractivity contribution in [3.8, 4) is 0 Å². The highest BCUT2D eigenvalue weighted by Crippen LogP contribution is 2.15. The van der Waals surface area contributed by atoms with E-state index in [2.05, 4.69) is 15.2 Å². The van der Waals surface area contributed by atoms with Crippen molar-refractivity contribution in [2.24, 2.45) is 5.73 Å². The van der Waals surface area contributed by atoms with Crippen LogP contribution in [0, 0.1) is 6.92 Å². The van der Waals surface area contributed by atoms with Crippen LogP contribution in [0.5, 0.6) is 0 Å². The Labute approximate surface area is 104 Å². The maximum atomic E-state index is 11.9. The summed E-state index contributed by atoms with van der Waals surface area (Å²) >= 11 is 0. The molecule has 8 heteroatoms. The number of amides is 2. The topological polar surface area (TPSA) is 125 Å². The van der Waals surface area contributed by atoms with Crippen molar-refractivity contribution in [1.29, 1.82) is 0 Å². The van der Waals surface area contributed by atoms with Gasteiger partial charge in [0.1, 0.15) is 12.3 Å². The van der Waals surface area contributed by atoms with E-state index in [1.807, 2.05) is 6.92 Å². The number of nitrogen functional groups attached to an aromatic ring is 1. The summed E-state index contributed by atoms with van der Waals surface area (Å²) in [4.78, 5) is 22.2. The van der Waals surface area contributed by atoms with Crippen molar-refractivity contribution in [3.63, 3.8) is 0 Å². The number of nitrogens with zero attached hydrogens (tertiary/aromatic N) is 2. The van der Waals surface area contributed by atoms with Crippen LogP contribution in [0.25, 0.3) is 0 Å². The minimum Gasteiger partial charge on any atom is -0.448 e. The molecular formula is C10H17N5O3. The number of hydrogen-bond acceptors (Lipinski definition) is 5. The van der Waals surface area contributed by atoms with Gasteiger partial charge < -0.3 is 21.5 Å². The maximum absolute atomic E-state index is 11.9. The molecule has 0 unspecified atom stereocenters. The molecule has 1 heterocycles. The average molecular weight is 255 g/mol. The number of aryl methyl sites for hydroxylation is 2. The molecule has 0 aliphatic rings. The first-order valence-corrected chi connectivity index (χ1v) is 5.50. The van der Waals surface area contributed by atoms with Crippen LogP contribution in [0.4, 0.5) is 10.5 Å². The number of aromatic nitrogens is 2. The van der Waals surface area contributed by atoms with Gasteiger partial charge >= 0.3 is 6.09 Å². The van der Waals surface area contributed by atoms with Gasteiger partial charge in [0, 0.05) is 6.54 Å². The predicted octanol–water partition coefficient (Wildman–Crippen LogP) is -0.381. The standard InChI is InChI=1S/C10H17N5O3/c1-3-15-8(7(11)6(2)14-15)9(16)13-4-5-18-10(12)17/h3-5,11H2,1-2H3,(H2,12,17)(H,13,16). The molecule has 5 N–H and O–H groups in total. The largest absolute Gasteiger partial charge is 0.448 e. The molecule has 8 nitrogen and oxygen atoms in total. The van der Waals surface area contributed by atoms with Crippen LogP contribution in [0.1, 0.15) is 23.1 Å². The van der Waals surface area contributed by atoms with E-state index in [0.29, 0.717) is 23.6 Å². The molecule has 0 spiro atoms. The van der Waals surface area contributed by atoms with Crippen molar-refractivity contribution in [2.75, 3.05) is 18.9 Å². The van der Waals surface area contributed by atoms with Crippen LogP contribution < -0.4 is 16.8 Å². The van der Waals surface area contributed by atoms with Crippen molar-refractivity contribution in [3.05, 3.63) is 11.4 Å². The summed E-state index contributed by atoms with van der Waals surface area (Å²) in [6.45, 7) is 4.31. The molecule has 0 aliphatic heterocycles. The summed E-state index contributed by atoms with van der Waals surface area (Å²) in [6.07, 6.45) is -0.877. The molecule has 0 fully saturated rings. The van der Waals surface area contributed by atoms with Gasteiger partial charge in [0.25, 0.3) is 5.91 Å². The number of hydrogen-bond donors (Lipinski definition) is 3. The lowest BCUT2D eigenvalue weighted by Gasteiger charge is -2.07. The lowest BCUT2D eigenvalue weighted by atomic mass is 10.3. The van der Waals surface area contributed by atoms with E-state index >= 15 is 0 Å². The lowest BCUT2D eigenvalue weighted by Crippen LogP contribution is -2.31. The second-order valence-corrected chi connectivity index (χ2v) is 3.59. The molecule has 0 atom stereocenters. The highest BCUT2D eigenvalue weighted by atomic mass is 16.5. The predicted molar refractivity (Wildman–Crippen MR) is 64.9 cm³/mol. The second-order valence-electron chi connectivity index (χ2n) is 3.59. The highest BCUT2D eigenvalue weighted by molar-refractivity contribution is 5.97. The first kappa shape index (κ1) is 13.8. The summed E-state index contributed by atoms with van der Waals surface area (Å²) in [5, 5.41) is 6.70. The van der Waals surface area contributed by atoms with E-state index in [-0.39, 0.29) is 19.1 Å². The van der Waals surface area contributed by atoms with E-state index < -0.39 is 6.09 Å². The smallest absolute Gasteiger partial charge is 0.404 e. The van der Waals surface area contributed by atoms with Gasteiger partial charge in [-0.05, 0) is 13.8 Å². The number of carbonyl (C=O) groups is 2. The summed E-state index contributed by atoms with van der Waals surface area (Å²) in [7, 11) is 0. The lowest BCUT2D eigenvalue weighted by molar-refractivity contribution is 0.0927. The number of ether oxygens (including phenoxy) is 1. The molecule has 0 saturated carbocycles. The molecule has 100 valence electrons. The van der Waals surface area contributed by atoms with Crippen LogP contribution in [-0.2, 0) is 11.3 Å². The SMILES string of the molecule is CCn1nc(C)c(N)c1C(=O)NCCOC(N)=O. The Morgan fingerprint density at radius 2 is 2.17 bits per heavy atom. The fourth-order valence-electron chi connectivity index (χ4n) is 1.46. The van der Waals surface area contributed by atoms with Crippen molar-refractivity contribution in [2.45, 2.75) is 20.4 Å². The molecular weight excluding hydrogens is 238 g/mol. The molecule has 0 aliphatic carbocycles. The Morgan fingerprint density at radius 1 is 1.50 bits per heavy atom. The molecule has 0 saturated heterocycles. The van der Waals surface area contributed by atoms with E-state index in [9.17, 15) is 9.59 Å². The number of nitrogens with one attached hydrogen (secondary N) is 1. The fourth-order valence-corrected chi connectivity index (χ4v) is 1.46. The van der Waals surface area contributed by atoms with E-state index in [1.165, 1.54) is 4.68 Å². The van der Waals surface area contributed by atoms with Crippen LogP contribution in [-0.4, -0.2) is 34.9 Å². The number of carbonyl (C=O) groups excluding carboxylic acids is 2. The molecule has 2 amide bonds. The number of rotatable bonds is 5. The third kappa shape index (κ3) is 3.12. The zero-order valence-electron chi connectivity index (χ0n) is 10.4. The van der Waals surface area contributed by atoms with Crippen molar-refractivity contribution < 1.29 is 14.3 Å². The van der Waals surface area contributed by atoms with Gasteiger partial charge in [0.15, 0.2) is 0 Å². The Balaban J connectivity index is 2.64. The summed E-state index contributed by atoms with van der Waals surface area (Å²) < 4.78 is 6.01. The molecule has 1 aromatic heterocycles. The van der Waals surface area contributed by atoms with E-state index in [1.54, 1.807) is 6.92 Å². The zero-order valence-corrected chi connectivity index (χ0v) is 10.4. The van der Waals surface area contributed by atoms with Gasteiger partial charge in [0.2, 0.25) is 0 Å². The van der Waals surface area contributed by atoms with Gasteiger partial charge in [-0.25, -0.2) is 4.79 Å². The summed E-state index contributed by atoms with van der Waals surface area (Å²) in [6, 6.07) is 0. The Kier molecular flexibility index (Phi) is 4.52. The average Bonchev–Trinajstić information content (AvgIpc) is 2.60. The second kappa shape index (κ2) is 5.89. The Morgan fingerprint density at radius 3 is 2.72 bits per heavy atom. The monoisotopic (exact) mass is 255 g/mol. The van der Waals surface area contributed by atoms with Crippen LogP contribution in [0.3, 0.4) is 0 Å². The Hall–Kier alpha value is -2.25. The van der Waals surface area contributed by atoms with Gasteiger partial charge in [-0.3, -0.25) is 9.48 Å². The summed E-state index contributed by atoms with van der Waals surface area (Å²) in [5.41, 5.74) is 11.8. The number of primary amides is 1. The first-order chi connectivity index (χ1) is 8.47. The normalized spacial score (nSPS) is 10.1. The Bertz CT molecular complexity index is 455. The fraction of sp³-hybridized carbons (Fsp3) is 0.500. The molecule has 0 aromatic carbocycles. The van der Waals surface area contributed by atoms with Crippen LogP contribution >= 0.6 is 0 Å². The third-order valence-corrected chi connectivity index (χ3v) is 2.32. The van der Waals surface area contributed by atoms with Gasteiger partial charge in [-0.2, -0.15) is 5.10 Å². The minimum atomic E-state index is -0.877. The molecule has 18 heavy (non-hydrogen) atoms. The number of anilines is 1.